The second-order valence-corrected chi connectivity index (χ2v) is 8.67. The van der Waals surface area contributed by atoms with E-state index in [4.69, 9.17) is 0 Å². The average molecular weight is 425 g/mol. The zero-order valence-corrected chi connectivity index (χ0v) is 17.4. The summed E-state index contributed by atoms with van der Waals surface area (Å²) in [4.78, 5) is 13.0. The van der Waals surface area contributed by atoms with E-state index in [-0.39, 0.29) is 17.4 Å². The van der Waals surface area contributed by atoms with E-state index in [1.54, 1.807) is 37.3 Å². The molecule has 156 valence electrons. The summed E-state index contributed by atoms with van der Waals surface area (Å²) >= 11 is 0. The summed E-state index contributed by atoms with van der Waals surface area (Å²) in [6.07, 6.45) is 0.489. The van der Waals surface area contributed by atoms with Gasteiger partial charge < -0.3 is 10.4 Å². The Morgan fingerprint density at radius 2 is 1.60 bits per heavy atom. The number of hydrogen-bond donors (Lipinski definition) is 3. The van der Waals surface area contributed by atoms with Gasteiger partial charge in [0.15, 0.2) is 0 Å². The third-order valence-corrected chi connectivity index (χ3v) is 6.07. The number of nitrogens with one attached hydrogen (secondary N) is 2. The Bertz CT molecular complexity index is 1100. The van der Waals surface area contributed by atoms with E-state index in [0.717, 1.165) is 5.56 Å². The Morgan fingerprint density at radius 1 is 0.967 bits per heavy atom. The third kappa shape index (κ3) is 5.46. The van der Waals surface area contributed by atoms with Crippen molar-refractivity contribution in [3.05, 3.63) is 95.6 Å². The van der Waals surface area contributed by atoms with E-state index in [9.17, 15) is 18.3 Å². The molecule has 0 fully saturated rings. The Balaban J connectivity index is 1.76. The fraction of sp³-hybridized carbons (Fsp3) is 0.174. The van der Waals surface area contributed by atoms with E-state index >= 15 is 0 Å². The van der Waals surface area contributed by atoms with Crippen molar-refractivity contribution >= 4 is 21.6 Å². The molecule has 0 heterocycles. The van der Waals surface area contributed by atoms with Crippen LogP contribution in [-0.4, -0.2) is 32.1 Å². The van der Waals surface area contributed by atoms with Crippen LogP contribution in [0.25, 0.3) is 0 Å². The minimum absolute atomic E-state index is 0.139. The molecule has 1 atom stereocenters. The first-order chi connectivity index (χ1) is 14.4. The second-order valence-electron chi connectivity index (χ2n) is 6.99. The maximum Gasteiger partial charge on any atom is 0.261 e. The molecule has 0 saturated carbocycles. The highest BCUT2D eigenvalue weighted by Crippen LogP contribution is 2.20. The van der Waals surface area contributed by atoms with Crippen molar-refractivity contribution in [2.75, 3.05) is 11.3 Å². The average Bonchev–Trinajstić information content (AvgIpc) is 2.75. The van der Waals surface area contributed by atoms with Crippen molar-refractivity contribution < 1.29 is 18.3 Å². The van der Waals surface area contributed by atoms with E-state index < -0.39 is 16.1 Å². The molecule has 0 spiro atoms. The summed E-state index contributed by atoms with van der Waals surface area (Å²) in [5, 5.41) is 12.5. The standard InChI is InChI=1S/C23H24N2O4S/c1-17-12-13-19(25-30(28,29)21-10-6-3-7-11-21)15-22(17)23(27)24-20(16-26)14-18-8-4-2-5-9-18/h2-13,15,20,25-26H,14,16H2,1H3,(H,24,27). The molecule has 7 heteroatoms. The van der Waals surface area contributed by atoms with Gasteiger partial charge in [0.2, 0.25) is 0 Å². The van der Waals surface area contributed by atoms with E-state index in [1.807, 2.05) is 30.3 Å². The molecule has 0 saturated heterocycles. The molecule has 3 N–H and O–H groups in total. The normalized spacial score (nSPS) is 12.2. The molecule has 0 aliphatic carbocycles. The molecule has 3 rings (SSSR count). The van der Waals surface area contributed by atoms with Gasteiger partial charge in [-0.15, -0.1) is 0 Å². The van der Waals surface area contributed by atoms with Gasteiger partial charge in [-0.05, 0) is 48.7 Å². The number of carbonyl (C=O) groups excluding carboxylic acids is 1. The van der Waals surface area contributed by atoms with Crippen molar-refractivity contribution in [1.82, 2.24) is 5.32 Å². The fourth-order valence-corrected chi connectivity index (χ4v) is 4.14. The third-order valence-electron chi connectivity index (χ3n) is 4.67. The first-order valence-corrected chi connectivity index (χ1v) is 11.0. The highest BCUT2D eigenvalue weighted by molar-refractivity contribution is 7.92. The molecule has 0 aromatic heterocycles. The number of carbonyl (C=O) groups is 1. The number of amides is 1. The van der Waals surface area contributed by atoms with Crippen LogP contribution in [0.15, 0.2) is 83.8 Å². The molecule has 0 aliphatic rings. The summed E-state index contributed by atoms with van der Waals surface area (Å²) in [6.45, 7) is 1.57. The quantitative estimate of drug-likeness (QED) is 0.518. The predicted octanol–water partition coefficient (Wildman–Crippen LogP) is 3.13. The van der Waals surface area contributed by atoms with E-state index in [1.165, 1.54) is 18.2 Å². The van der Waals surface area contributed by atoms with Crippen LogP contribution in [-0.2, 0) is 16.4 Å². The first-order valence-electron chi connectivity index (χ1n) is 9.53. The number of sulfonamides is 1. The lowest BCUT2D eigenvalue weighted by Gasteiger charge is -2.18. The predicted molar refractivity (Wildman–Crippen MR) is 117 cm³/mol. The molecule has 30 heavy (non-hydrogen) atoms. The van der Waals surface area contributed by atoms with Gasteiger partial charge in [0.1, 0.15) is 0 Å². The zero-order chi connectivity index (χ0) is 21.6. The molecule has 6 nitrogen and oxygen atoms in total. The van der Waals surface area contributed by atoms with Crippen LogP contribution in [0.4, 0.5) is 5.69 Å². The lowest BCUT2D eigenvalue weighted by atomic mass is 10.0. The Morgan fingerprint density at radius 3 is 2.23 bits per heavy atom. The molecule has 1 unspecified atom stereocenters. The molecule has 3 aromatic carbocycles. The van der Waals surface area contributed by atoms with Crippen LogP contribution in [0, 0.1) is 6.92 Å². The maximum atomic E-state index is 12.8. The van der Waals surface area contributed by atoms with Crippen molar-refractivity contribution in [2.45, 2.75) is 24.3 Å². The maximum absolute atomic E-state index is 12.8. The van der Waals surface area contributed by atoms with Crippen LogP contribution in [0.5, 0.6) is 0 Å². The van der Waals surface area contributed by atoms with Crippen molar-refractivity contribution in [3.8, 4) is 0 Å². The minimum atomic E-state index is -3.76. The van der Waals surface area contributed by atoms with Gasteiger partial charge in [0, 0.05) is 11.3 Å². The second kappa shape index (κ2) is 9.56. The summed E-state index contributed by atoms with van der Waals surface area (Å²) in [7, 11) is -3.76. The Kier molecular flexibility index (Phi) is 6.87. The number of aliphatic hydroxyl groups is 1. The van der Waals surface area contributed by atoms with Crippen LogP contribution in [0.2, 0.25) is 0 Å². The lowest BCUT2D eigenvalue weighted by molar-refractivity contribution is 0.0916. The molecular weight excluding hydrogens is 400 g/mol. The Hall–Kier alpha value is -3.16. The van der Waals surface area contributed by atoms with Crippen LogP contribution >= 0.6 is 0 Å². The zero-order valence-electron chi connectivity index (χ0n) is 16.6. The molecular formula is C23H24N2O4S. The van der Waals surface area contributed by atoms with Crippen LogP contribution in [0.3, 0.4) is 0 Å². The van der Waals surface area contributed by atoms with E-state index in [0.29, 0.717) is 23.2 Å². The molecule has 0 radical (unpaired) electrons. The summed E-state index contributed by atoms with van der Waals surface area (Å²) in [5.41, 5.74) is 2.33. The van der Waals surface area contributed by atoms with Crippen LogP contribution in [0.1, 0.15) is 21.5 Å². The minimum Gasteiger partial charge on any atom is -0.394 e. The van der Waals surface area contributed by atoms with Gasteiger partial charge in [0.25, 0.3) is 15.9 Å². The highest BCUT2D eigenvalue weighted by atomic mass is 32.2. The summed E-state index contributed by atoms with van der Waals surface area (Å²) in [5.74, 6) is -0.372. The molecule has 0 bridgehead atoms. The van der Waals surface area contributed by atoms with Crippen molar-refractivity contribution in [1.29, 1.82) is 0 Å². The van der Waals surface area contributed by atoms with E-state index in [2.05, 4.69) is 10.0 Å². The largest absolute Gasteiger partial charge is 0.394 e. The summed E-state index contributed by atoms with van der Waals surface area (Å²) < 4.78 is 27.6. The van der Waals surface area contributed by atoms with Crippen molar-refractivity contribution in [2.24, 2.45) is 0 Å². The number of hydrogen-bond acceptors (Lipinski definition) is 4. The van der Waals surface area contributed by atoms with Gasteiger partial charge >= 0.3 is 0 Å². The molecule has 0 aliphatic heterocycles. The number of anilines is 1. The van der Waals surface area contributed by atoms with Crippen LogP contribution < -0.4 is 10.0 Å². The SMILES string of the molecule is Cc1ccc(NS(=O)(=O)c2ccccc2)cc1C(=O)NC(CO)Cc1ccccc1. The smallest absolute Gasteiger partial charge is 0.261 e. The van der Waals surface area contributed by atoms with Crippen molar-refractivity contribution in [3.63, 3.8) is 0 Å². The first kappa shape index (κ1) is 21.5. The molecule has 1 amide bonds. The molecule has 3 aromatic rings. The number of rotatable bonds is 8. The van der Waals surface area contributed by atoms with Gasteiger partial charge in [-0.3, -0.25) is 9.52 Å². The highest BCUT2D eigenvalue weighted by Gasteiger charge is 2.18. The topological polar surface area (TPSA) is 95.5 Å². The summed E-state index contributed by atoms with van der Waals surface area (Å²) in [6, 6.07) is 21.9. The number of benzene rings is 3. The van der Waals surface area contributed by atoms with Gasteiger partial charge in [-0.2, -0.15) is 0 Å². The van der Waals surface area contributed by atoms with Gasteiger partial charge in [0.05, 0.1) is 17.5 Å². The lowest BCUT2D eigenvalue weighted by Crippen LogP contribution is -2.39. The Labute approximate surface area is 176 Å². The fourth-order valence-electron chi connectivity index (χ4n) is 3.07. The van der Waals surface area contributed by atoms with Gasteiger partial charge in [-0.25, -0.2) is 8.42 Å². The van der Waals surface area contributed by atoms with Gasteiger partial charge in [-0.1, -0.05) is 54.6 Å². The number of aliphatic hydroxyl groups excluding tert-OH is 1. The number of aryl methyl sites for hydroxylation is 1. The monoisotopic (exact) mass is 424 g/mol.